The Balaban J connectivity index is 2.25. The fourth-order valence-corrected chi connectivity index (χ4v) is 2.80. The molecular formula is C15H25N3O3. The quantitative estimate of drug-likeness (QED) is 0.840. The number of amides is 1. The summed E-state index contributed by atoms with van der Waals surface area (Å²) in [6.45, 7) is 7.99. The van der Waals surface area contributed by atoms with Crippen LogP contribution in [0.15, 0.2) is 16.5 Å². The molecule has 1 aromatic heterocycles. The van der Waals surface area contributed by atoms with Crippen LogP contribution in [0.5, 0.6) is 0 Å². The van der Waals surface area contributed by atoms with Crippen LogP contribution in [-0.2, 0) is 9.53 Å². The Kier molecular flexibility index (Phi) is 5.39. The highest BCUT2D eigenvalue weighted by molar-refractivity contribution is 5.82. The fraction of sp³-hybridized carbons (Fsp3) is 0.667. The minimum absolute atomic E-state index is 0.0221. The summed E-state index contributed by atoms with van der Waals surface area (Å²) in [6, 6.07) is 3.25. The lowest BCUT2D eigenvalue weighted by Gasteiger charge is -2.40. The van der Waals surface area contributed by atoms with Crippen LogP contribution in [0.1, 0.15) is 31.4 Å². The number of hydrogen-bond acceptors (Lipinski definition) is 5. The molecule has 6 nitrogen and oxygen atoms in total. The largest absolute Gasteiger partial charge is 0.465 e. The van der Waals surface area contributed by atoms with Crippen LogP contribution in [0.4, 0.5) is 0 Å². The van der Waals surface area contributed by atoms with Gasteiger partial charge in [-0.3, -0.25) is 9.69 Å². The average Bonchev–Trinajstić information content (AvgIpc) is 2.85. The lowest BCUT2D eigenvalue weighted by Crippen LogP contribution is -2.57. The molecule has 1 amide bonds. The maximum absolute atomic E-state index is 12.3. The molecule has 3 N–H and O–H groups in total. The maximum Gasteiger partial charge on any atom is 0.239 e. The average molecular weight is 295 g/mol. The Hall–Kier alpha value is -1.37. The molecule has 0 radical (unpaired) electrons. The van der Waals surface area contributed by atoms with Crippen molar-refractivity contribution < 1.29 is 13.9 Å². The van der Waals surface area contributed by atoms with Gasteiger partial charge in [-0.1, -0.05) is 0 Å². The number of rotatable bonds is 5. The first-order chi connectivity index (χ1) is 10.0. The lowest BCUT2D eigenvalue weighted by molar-refractivity contribution is -0.135. The predicted molar refractivity (Wildman–Crippen MR) is 79.8 cm³/mol. The molecule has 2 heterocycles. The van der Waals surface area contributed by atoms with E-state index in [1.54, 1.807) is 0 Å². The van der Waals surface area contributed by atoms with E-state index in [0.29, 0.717) is 26.3 Å². The molecule has 0 saturated carbocycles. The first kappa shape index (κ1) is 16.0. The van der Waals surface area contributed by atoms with Crippen LogP contribution < -0.4 is 11.1 Å². The van der Waals surface area contributed by atoms with Gasteiger partial charge < -0.3 is 20.2 Å². The van der Waals surface area contributed by atoms with Crippen molar-refractivity contribution in [1.82, 2.24) is 10.2 Å². The second-order valence-electron chi connectivity index (χ2n) is 5.48. The molecule has 1 fully saturated rings. The Bertz CT molecular complexity index is 472. The highest BCUT2D eigenvalue weighted by Gasteiger charge is 2.37. The molecule has 2 rings (SSSR count). The summed E-state index contributed by atoms with van der Waals surface area (Å²) in [5.74, 6) is 1.63. The zero-order chi connectivity index (χ0) is 15.4. The summed E-state index contributed by atoms with van der Waals surface area (Å²) < 4.78 is 11.2. The van der Waals surface area contributed by atoms with E-state index in [-0.39, 0.29) is 24.0 Å². The van der Waals surface area contributed by atoms with Gasteiger partial charge in [-0.2, -0.15) is 0 Å². The predicted octanol–water partition coefficient (Wildman–Crippen LogP) is 0.813. The van der Waals surface area contributed by atoms with Gasteiger partial charge in [-0.25, -0.2) is 0 Å². The Labute approximate surface area is 125 Å². The molecule has 1 saturated heterocycles. The maximum atomic E-state index is 12.3. The van der Waals surface area contributed by atoms with E-state index < -0.39 is 0 Å². The summed E-state index contributed by atoms with van der Waals surface area (Å²) >= 11 is 0. The van der Waals surface area contributed by atoms with Crippen LogP contribution in [0.2, 0.25) is 0 Å². The van der Waals surface area contributed by atoms with E-state index in [4.69, 9.17) is 14.9 Å². The Morgan fingerprint density at radius 2 is 2.33 bits per heavy atom. The third kappa shape index (κ3) is 3.64. The summed E-state index contributed by atoms with van der Waals surface area (Å²) in [5, 5.41) is 2.86. The van der Waals surface area contributed by atoms with E-state index in [9.17, 15) is 4.79 Å². The first-order valence-electron chi connectivity index (χ1n) is 7.47. The number of carbonyl (C=O) groups is 1. The number of nitrogens with two attached hydrogens (primary N) is 1. The second-order valence-corrected chi connectivity index (χ2v) is 5.48. The molecule has 3 atom stereocenters. The number of furan rings is 1. The number of hydrogen-bond donors (Lipinski definition) is 2. The molecule has 1 aromatic rings. The monoisotopic (exact) mass is 295 g/mol. The summed E-state index contributed by atoms with van der Waals surface area (Å²) in [7, 11) is 0. The van der Waals surface area contributed by atoms with Gasteiger partial charge in [0, 0.05) is 19.1 Å². The number of aryl methyl sites for hydroxylation is 1. The third-order valence-corrected chi connectivity index (χ3v) is 3.73. The van der Waals surface area contributed by atoms with Crippen LogP contribution in [-0.4, -0.2) is 49.2 Å². The molecule has 0 spiro atoms. The summed E-state index contributed by atoms with van der Waals surface area (Å²) in [5.41, 5.74) is 6.17. The van der Waals surface area contributed by atoms with Gasteiger partial charge >= 0.3 is 0 Å². The number of nitrogens with zero attached hydrogens (tertiary/aromatic N) is 1. The van der Waals surface area contributed by atoms with Gasteiger partial charge in [0.05, 0.1) is 19.3 Å². The van der Waals surface area contributed by atoms with Gasteiger partial charge in [0.1, 0.15) is 17.6 Å². The molecule has 0 aromatic carbocycles. The molecule has 118 valence electrons. The molecule has 1 aliphatic heterocycles. The van der Waals surface area contributed by atoms with Gasteiger partial charge in [0.15, 0.2) is 0 Å². The van der Waals surface area contributed by atoms with Crippen molar-refractivity contribution in [2.24, 2.45) is 5.73 Å². The number of ether oxygens (including phenoxy) is 1. The highest BCUT2D eigenvalue weighted by atomic mass is 16.5. The van der Waals surface area contributed by atoms with Gasteiger partial charge in [0.25, 0.3) is 0 Å². The van der Waals surface area contributed by atoms with Crippen LogP contribution in [0.25, 0.3) is 0 Å². The number of nitrogens with one attached hydrogen (secondary N) is 1. The van der Waals surface area contributed by atoms with E-state index in [0.717, 1.165) is 11.5 Å². The smallest absolute Gasteiger partial charge is 0.239 e. The van der Waals surface area contributed by atoms with Crippen molar-refractivity contribution in [1.29, 1.82) is 0 Å². The van der Waals surface area contributed by atoms with Gasteiger partial charge in [-0.05, 0) is 32.9 Å². The Morgan fingerprint density at radius 3 is 2.90 bits per heavy atom. The van der Waals surface area contributed by atoms with E-state index in [2.05, 4.69) is 10.2 Å². The second kappa shape index (κ2) is 7.06. The van der Waals surface area contributed by atoms with Gasteiger partial charge in [-0.15, -0.1) is 0 Å². The lowest BCUT2D eigenvalue weighted by atomic mass is 10.0. The van der Waals surface area contributed by atoms with Crippen molar-refractivity contribution >= 4 is 5.91 Å². The molecule has 1 aliphatic rings. The van der Waals surface area contributed by atoms with E-state index >= 15 is 0 Å². The number of likely N-dealkylation sites (N-methyl/N-ethyl adjacent to an activating group) is 1. The number of morpholine rings is 1. The van der Waals surface area contributed by atoms with E-state index in [1.165, 1.54) is 0 Å². The van der Waals surface area contributed by atoms with Crippen molar-refractivity contribution in [3.8, 4) is 0 Å². The SMILES string of the molecule is CCNC(=O)C1COCCN1C(c1ccc(C)o1)C(C)N. The zero-order valence-corrected chi connectivity index (χ0v) is 13.0. The number of carbonyl (C=O) groups excluding carboxylic acids is 1. The van der Waals surface area contributed by atoms with Crippen LogP contribution >= 0.6 is 0 Å². The van der Waals surface area contributed by atoms with Crippen molar-refractivity contribution in [3.05, 3.63) is 23.7 Å². The van der Waals surface area contributed by atoms with Crippen LogP contribution in [0.3, 0.4) is 0 Å². The molecule has 21 heavy (non-hydrogen) atoms. The highest BCUT2D eigenvalue weighted by Crippen LogP contribution is 2.28. The topological polar surface area (TPSA) is 80.7 Å². The third-order valence-electron chi connectivity index (χ3n) is 3.73. The summed E-state index contributed by atoms with van der Waals surface area (Å²) in [6.07, 6.45) is 0. The molecule has 0 bridgehead atoms. The zero-order valence-electron chi connectivity index (χ0n) is 13.0. The van der Waals surface area contributed by atoms with Crippen molar-refractivity contribution in [3.63, 3.8) is 0 Å². The minimum atomic E-state index is -0.333. The minimum Gasteiger partial charge on any atom is -0.465 e. The molecule has 0 aliphatic carbocycles. The first-order valence-corrected chi connectivity index (χ1v) is 7.47. The standard InChI is InChI=1S/C15H25N3O3/c1-4-17-15(19)12-9-20-8-7-18(12)14(11(3)16)13-6-5-10(2)21-13/h5-6,11-12,14H,4,7-9,16H2,1-3H3,(H,17,19). The molecular weight excluding hydrogens is 270 g/mol. The van der Waals surface area contributed by atoms with Crippen LogP contribution in [0, 0.1) is 6.92 Å². The molecule has 3 unspecified atom stereocenters. The summed E-state index contributed by atoms with van der Waals surface area (Å²) in [4.78, 5) is 14.4. The molecule has 6 heteroatoms. The van der Waals surface area contributed by atoms with E-state index in [1.807, 2.05) is 32.9 Å². The fourth-order valence-electron chi connectivity index (χ4n) is 2.80. The van der Waals surface area contributed by atoms with Crippen molar-refractivity contribution in [2.75, 3.05) is 26.3 Å². The van der Waals surface area contributed by atoms with Crippen molar-refractivity contribution in [2.45, 2.75) is 38.9 Å². The normalized spacial score (nSPS) is 22.8. The van der Waals surface area contributed by atoms with Gasteiger partial charge in [0.2, 0.25) is 5.91 Å². The Morgan fingerprint density at radius 1 is 1.57 bits per heavy atom.